The molecule has 6 N–H and O–H groups in total. The van der Waals surface area contributed by atoms with E-state index in [1.165, 1.54) is 0 Å². The summed E-state index contributed by atoms with van der Waals surface area (Å²) < 4.78 is 23.3. The molecule has 12 heteroatoms. The molecule has 0 radical (unpaired) electrons. The molecule has 1 spiro atoms. The number of aliphatic hydroxyl groups is 6. The minimum Gasteiger partial charge on any atom is -0.458 e. The fraction of sp³-hybridized carbons (Fsp3) is 0.882. The number of Topliss-reactive ketones (excluding diaryl/α,β-unsaturated/α-hetero) is 1. The summed E-state index contributed by atoms with van der Waals surface area (Å²) in [5, 5.41) is 61.3. The fourth-order valence-corrected chi connectivity index (χ4v) is 11.4. The number of carbonyl (C=O) groups excluding carboxylic acids is 2. The summed E-state index contributed by atoms with van der Waals surface area (Å²) in [6.07, 6.45) is -4.63. The molecule has 6 unspecified atom stereocenters. The van der Waals surface area contributed by atoms with Gasteiger partial charge in [-0.3, -0.25) is 4.79 Å². The van der Waals surface area contributed by atoms with E-state index in [1.807, 2.05) is 13.8 Å². The largest absolute Gasteiger partial charge is 0.458 e. The average Bonchev–Trinajstić information content (AvgIpc) is 3.65. The van der Waals surface area contributed by atoms with Gasteiger partial charge in [-0.25, -0.2) is 4.79 Å². The molecular weight excluding hydrogens is 600 g/mol. The minimum absolute atomic E-state index is 0.00179. The first kappa shape index (κ1) is 33.0. The van der Waals surface area contributed by atoms with Crippen LogP contribution in [0.1, 0.15) is 72.6 Å². The first-order valence-corrected chi connectivity index (χ1v) is 17.1. The summed E-state index contributed by atoms with van der Waals surface area (Å²) in [4.78, 5) is 26.9. The number of hydrogen-bond donors (Lipinski definition) is 6. The molecule has 3 heterocycles. The van der Waals surface area contributed by atoms with Crippen LogP contribution in [-0.2, 0) is 28.5 Å². The number of aliphatic hydroxyl groups excluding tert-OH is 6. The van der Waals surface area contributed by atoms with E-state index in [2.05, 4.69) is 13.8 Å². The lowest BCUT2D eigenvalue weighted by Gasteiger charge is -2.59. The normalized spacial score (nSPS) is 53.9. The maximum atomic E-state index is 13.6. The molecule has 7 rings (SSSR count). The molecule has 4 saturated carbocycles. The Morgan fingerprint density at radius 1 is 0.978 bits per heavy atom. The van der Waals surface area contributed by atoms with Crippen LogP contribution in [0, 0.1) is 40.4 Å². The summed E-state index contributed by atoms with van der Waals surface area (Å²) in [6.45, 7) is 7.60. The Balaban J connectivity index is 1.03. The fourth-order valence-electron chi connectivity index (χ4n) is 11.4. The SMILES string of the molecule is CC1=C(CO[C@@H]2O[C@H](CO)[C@@H](O)[C@H](O)[C@H]2O)C(=O)OC([C@@H](C)C2CCC3C4C[C@H]5O[C@]56[C@@H](O)C(O)CC(=O)[C@]6(C)C4CC[C@@]32C)C1. The Bertz CT molecular complexity index is 1280. The number of cyclic esters (lactones) is 1. The van der Waals surface area contributed by atoms with Gasteiger partial charge in [-0.15, -0.1) is 0 Å². The number of esters is 1. The predicted molar refractivity (Wildman–Crippen MR) is 159 cm³/mol. The van der Waals surface area contributed by atoms with Crippen molar-refractivity contribution in [1.29, 1.82) is 0 Å². The lowest BCUT2D eigenvalue weighted by molar-refractivity contribution is -0.299. The van der Waals surface area contributed by atoms with Gasteiger partial charge >= 0.3 is 5.97 Å². The van der Waals surface area contributed by atoms with Crippen molar-refractivity contribution in [3.63, 3.8) is 0 Å². The van der Waals surface area contributed by atoms with Crippen molar-refractivity contribution in [3.05, 3.63) is 11.1 Å². The minimum atomic E-state index is -1.57. The molecule has 46 heavy (non-hydrogen) atoms. The topological polar surface area (TPSA) is 196 Å². The number of hydrogen-bond acceptors (Lipinski definition) is 12. The van der Waals surface area contributed by atoms with Gasteiger partial charge in [0, 0.05) is 12.8 Å². The summed E-state index contributed by atoms with van der Waals surface area (Å²) in [5.74, 6) is 0.677. The zero-order valence-corrected chi connectivity index (χ0v) is 27.1. The van der Waals surface area contributed by atoms with Gasteiger partial charge in [0.15, 0.2) is 6.29 Å². The quantitative estimate of drug-likeness (QED) is 0.171. The molecule has 12 nitrogen and oxygen atoms in total. The smallest absolute Gasteiger partial charge is 0.336 e. The van der Waals surface area contributed by atoms with Gasteiger partial charge in [-0.1, -0.05) is 19.4 Å². The number of ketones is 1. The van der Waals surface area contributed by atoms with Crippen LogP contribution in [0.3, 0.4) is 0 Å². The van der Waals surface area contributed by atoms with E-state index in [9.17, 15) is 40.2 Å². The van der Waals surface area contributed by atoms with Gasteiger partial charge in [-0.2, -0.15) is 0 Å². The average molecular weight is 651 g/mol. The van der Waals surface area contributed by atoms with Crippen molar-refractivity contribution in [3.8, 4) is 0 Å². The van der Waals surface area contributed by atoms with Gasteiger partial charge in [0.25, 0.3) is 0 Å². The molecule has 0 aromatic carbocycles. The first-order chi connectivity index (χ1) is 21.7. The molecule has 7 aliphatic rings. The number of carbonyl (C=O) groups is 2. The highest BCUT2D eigenvalue weighted by Crippen LogP contribution is 2.73. The molecule has 17 atom stereocenters. The van der Waals surface area contributed by atoms with Crippen molar-refractivity contribution in [2.24, 2.45) is 40.4 Å². The van der Waals surface area contributed by atoms with E-state index in [0.717, 1.165) is 37.7 Å². The summed E-state index contributed by atoms with van der Waals surface area (Å²) in [5.41, 5.74) is -0.631. The maximum absolute atomic E-state index is 13.6. The van der Waals surface area contributed by atoms with E-state index in [4.69, 9.17) is 18.9 Å². The number of rotatable bonds is 6. The molecular formula is C34H50O12. The Kier molecular flexibility index (Phi) is 8.10. The van der Waals surface area contributed by atoms with E-state index < -0.39 is 66.5 Å². The summed E-state index contributed by atoms with van der Waals surface area (Å²) in [7, 11) is 0. The van der Waals surface area contributed by atoms with Crippen LogP contribution in [0.15, 0.2) is 11.1 Å². The van der Waals surface area contributed by atoms with E-state index in [1.54, 1.807) is 0 Å². The highest BCUT2D eigenvalue weighted by atomic mass is 16.7. The zero-order chi connectivity index (χ0) is 33.1. The maximum Gasteiger partial charge on any atom is 0.336 e. The lowest BCUT2D eigenvalue weighted by Crippen LogP contribution is -2.68. The Labute approximate surface area is 269 Å². The van der Waals surface area contributed by atoms with Crippen molar-refractivity contribution >= 4 is 11.8 Å². The molecule has 0 aromatic rings. The zero-order valence-electron chi connectivity index (χ0n) is 27.1. The van der Waals surface area contributed by atoms with E-state index >= 15 is 0 Å². The Morgan fingerprint density at radius 3 is 2.41 bits per heavy atom. The second-order valence-electron chi connectivity index (χ2n) is 15.9. The number of ether oxygens (including phenoxy) is 4. The van der Waals surface area contributed by atoms with Gasteiger partial charge in [-0.05, 0) is 81.0 Å². The van der Waals surface area contributed by atoms with Crippen LogP contribution in [-0.4, -0.2) is 116 Å². The summed E-state index contributed by atoms with van der Waals surface area (Å²) >= 11 is 0. The lowest BCUT2D eigenvalue weighted by atomic mass is 9.43. The van der Waals surface area contributed by atoms with Gasteiger partial charge < -0.3 is 49.6 Å². The van der Waals surface area contributed by atoms with Crippen LogP contribution < -0.4 is 0 Å². The van der Waals surface area contributed by atoms with Crippen LogP contribution >= 0.6 is 0 Å². The molecule has 0 amide bonds. The molecule has 258 valence electrons. The van der Waals surface area contributed by atoms with Gasteiger partial charge in [0.05, 0.1) is 36.4 Å². The molecule has 3 aliphatic heterocycles. The molecule has 0 bridgehead atoms. The first-order valence-electron chi connectivity index (χ1n) is 17.1. The Morgan fingerprint density at radius 2 is 1.72 bits per heavy atom. The van der Waals surface area contributed by atoms with Crippen molar-refractivity contribution in [2.45, 2.75) is 133 Å². The van der Waals surface area contributed by atoms with Crippen LogP contribution in [0.2, 0.25) is 0 Å². The Hall–Kier alpha value is -1.48. The predicted octanol–water partition coefficient (Wildman–Crippen LogP) is 0.372. The van der Waals surface area contributed by atoms with E-state index in [-0.39, 0.29) is 54.2 Å². The summed E-state index contributed by atoms with van der Waals surface area (Å²) in [6, 6.07) is 0. The van der Waals surface area contributed by atoms with Crippen molar-refractivity contribution < 1.29 is 59.2 Å². The second kappa shape index (κ2) is 11.3. The van der Waals surface area contributed by atoms with Crippen LogP contribution in [0.5, 0.6) is 0 Å². The third-order valence-electron chi connectivity index (χ3n) is 14.1. The standard InChI is InChI=1S/C34H50O12/c1-14-9-22(44-30(42)17(14)13-43-31-28(40)27(39)26(38)23(12-35)45-31)15(2)18-5-6-19-16-10-25-34(46-25)29(41)21(36)11-24(37)33(34,4)20(16)7-8-32(18,19)3/h15-16,18-23,25-29,31,35-36,38-41H,5-13H2,1-4H3/t15-,16?,18?,19?,20?,21?,22?,23+,25+,26+,27-,28+,29-,31+,32+,33-,34-/m0/s1. The molecule has 4 aliphatic carbocycles. The van der Waals surface area contributed by atoms with Crippen molar-refractivity contribution in [2.75, 3.05) is 13.2 Å². The highest BCUT2D eigenvalue weighted by Gasteiger charge is 2.82. The van der Waals surface area contributed by atoms with E-state index in [0.29, 0.717) is 23.8 Å². The van der Waals surface area contributed by atoms with Crippen molar-refractivity contribution in [1.82, 2.24) is 0 Å². The van der Waals surface area contributed by atoms with Crippen LogP contribution in [0.25, 0.3) is 0 Å². The van der Waals surface area contributed by atoms with Gasteiger partial charge in [0.2, 0.25) is 0 Å². The second-order valence-corrected chi connectivity index (χ2v) is 15.9. The molecule has 2 saturated heterocycles. The monoisotopic (exact) mass is 650 g/mol. The number of epoxide rings is 1. The highest BCUT2D eigenvalue weighted by molar-refractivity contribution is 5.90. The number of fused-ring (bicyclic) bond motifs is 4. The third-order valence-corrected chi connectivity index (χ3v) is 14.1. The van der Waals surface area contributed by atoms with Crippen LogP contribution in [0.4, 0.5) is 0 Å². The molecule has 0 aromatic heterocycles. The molecule has 6 fully saturated rings. The van der Waals surface area contributed by atoms with Gasteiger partial charge in [0.1, 0.15) is 48.0 Å². The third kappa shape index (κ3) is 4.44.